The van der Waals surface area contributed by atoms with Gasteiger partial charge in [-0.05, 0) is 19.8 Å². The lowest BCUT2D eigenvalue weighted by atomic mass is 10.1. The zero-order chi connectivity index (χ0) is 11.0. The van der Waals surface area contributed by atoms with Crippen LogP contribution in [-0.4, -0.2) is 43.4 Å². The highest BCUT2D eigenvalue weighted by atomic mass is 16.5. The Morgan fingerprint density at radius 1 is 1.64 bits per heavy atom. The highest BCUT2D eigenvalue weighted by Gasteiger charge is 2.14. The number of carbonyl (C=O) groups is 1. The number of rotatable bonds is 7. The summed E-state index contributed by atoms with van der Waals surface area (Å²) in [6.45, 7) is 2.26. The topological polar surface area (TPSA) is 84.6 Å². The molecule has 5 heteroatoms. The van der Waals surface area contributed by atoms with Crippen LogP contribution in [0.3, 0.4) is 0 Å². The van der Waals surface area contributed by atoms with E-state index in [1.165, 1.54) is 0 Å². The van der Waals surface area contributed by atoms with Crippen molar-refractivity contribution in [3.63, 3.8) is 0 Å². The van der Waals surface area contributed by atoms with Gasteiger partial charge in [-0.15, -0.1) is 0 Å². The van der Waals surface area contributed by atoms with Crippen LogP contribution >= 0.6 is 0 Å². The second kappa shape index (κ2) is 7.73. The Bertz CT molecular complexity index is 164. The van der Waals surface area contributed by atoms with Gasteiger partial charge in [0.1, 0.15) is 0 Å². The Labute approximate surface area is 84.6 Å². The van der Waals surface area contributed by atoms with Gasteiger partial charge in [0.25, 0.3) is 0 Å². The van der Waals surface area contributed by atoms with Crippen molar-refractivity contribution in [3.8, 4) is 0 Å². The van der Waals surface area contributed by atoms with Crippen molar-refractivity contribution < 1.29 is 14.6 Å². The predicted molar refractivity (Wildman–Crippen MR) is 53.8 cm³/mol. The van der Waals surface area contributed by atoms with Gasteiger partial charge in [-0.1, -0.05) is 0 Å². The van der Waals surface area contributed by atoms with Gasteiger partial charge >= 0.3 is 0 Å². The molecule has 0 aromatic heterocycles. The van der Waals surface area contributed by atoms with Gasteiger partial charge in [-0.3, -0.25) is 4.79 Å². The highest BCUT2D eigenvalue weighted by molar-refractivity contribution is 5.81. The molecule has 1 amide bonds. The smallest absolute Gasteiger partial charge is 0.237 e. The maximum absolute atomic E-state index is 11.3. The minimum absolute atomic E-state index is 0.0729. The number of amides is 1. The zero-order valence-corrected chi connectivity index (χ0v) is 8.82. The van der Waals surface area contributed by atoms with Gasteiger partial charge in [0, 0.05) is 19.8 Å². The number of aliphatic hydroxyl groups is 1. The molecule has 0 aliphatic rings. The monoisotopic (exact) mass is 204 g/mol. The molecule has 0 rings (SSSR count). The summed E-state index contributed by atoms with van der Waals surface area (Å²) in [5.74, 6) is -0.220. The quantitative estimate of drug-likeness (QED) is 0.476. The fourth-order valence-electron chi connectivity index (χ4n) is 0.974. The van der Waals surface area contributed by atoms with Crippen LogP contribution in [0.4, 0.5) is 0 Å². The normalized spacial score (nSPS) is 14.9. The number of ether oxygens (including phenoxy) is 1. The van der Waals surface area contributed by atoms with Crippen molar-refractivity contribution in [1.82, 2.24) is 5.32 Å². The molecule has 84 valence electrons. The molecule has 0 aromatic rings. The Morgan fingerprint density at radius 3 is 2.79 bits per heavy atom. The third kappa shape index (κ3) is 5.90. The van der Waals surface area contributed by atoms with Crippen molar-refractivity contribution in [2.24, 2.45) is 5.73 Å². The number of nitrogens with two attached hydrogens (primary N) is 1. The van der Waals surface area contributed by atoms with Crippen LogP contribution in [0.2, 0.25) is 0 Å². The fraction of sp³-hybridized carbons (Fsp3) is 0.889. The van der Waals surface area contributed by atoms with Crippen LogP contribution in [-0.2, 0) is 9.53 Å². The van der Waals surface area contributed by atoms with E-state index in [0.29, 0.717) is 13.0 Å². The molecule has 0 spiro atoms. The van der Waals surface area contributed by atoms with Gasteiger partial charge in [-0.2, -0.15) is 0 Å². The van der Waals surface area contributed by atoms with Crippen LogP contribution in [0.1, 0.15) is 19.8 Å². The summed E-state index contributed by atoms with van der Waals surface area (Å²) in [5, 5.41) is 11.3. The number of aliphatic hydroxyl groups excluding tert-OH is 1. The first-order valence-electron chi connectivity index (χ1n) is 4.77. The molecule has 0 bridgehead atoms. The third-order valence-corrected chi connectivity index (χ3v) is 1.86. The molecule has 4 N–H and O–H groups in total. The van der Waals surface area contributed by atoms with Crippen molar-refractivity contribution in [2.45, 2.75) is 31.8 Å². The van der Waals surface area contributed by atoms with E-state index in [9.17, 15) is 4.79 Å². The molecule has 0 radical (unpaired) electrons. The minimum atomic E-state index is -0.515. The number of nitrogens with one attached hydrogen (secondary N) is 1. The van der Waals surface area contributed by atoms with Gasteiger partial charge < -0.3 is 20.9 Å². The van der Waals surface area contributed by atoms with E-state index in [-0.39, 0.29) is 18.6 Å². The lowest BCUT2D eigenvalue weighted by Crippen LogP contribution is -2.45. The second-order valence-electron chi connectivity index (χ2n) is 3.33. The van der Waals surface area contributed by atoms with Crippen LogP contribution in [0.25, 0.3) is 0 Å². The highest BCUT2D eigenvalue weighted by Crippen LogP contribution is 1.95. The molecule has 0 heterocycles. The first kappa shape index (κ1) is 13.4. The fourth-order valence-corrected chi connectivity index (χ4v) is 0.974. The van der Waals surface area contributed by atoms with Crippen molar-refractivity contribution in [2.75, 3.05) is 20.3 Å². The van der Waals surface area contributed by atoms with Crippen LogP contribution < -0.4 is 11.1 Å². The summed E-state index contributed by atoms with van der Waals surface area (Å²) in [6.07, 6.45) is 1.36. The van der Waals surface area contributed by atoms with Gasteiger partial charge in [0.05, 0.1) is 12.6 Å². The van der Waals surface area contributed by atoms with Gasteiger partial charge in [0.15, 0.2) is 0 Å². The molecule has 14 heavy (non-hydrogen) atoms. The lowest BCUT2D eigenvalue weighted by Gasteiger charge is -2.15. The summed E-state index contributed by atoms with van der Waals surface area (Å²) >= 11 is 0. The summed E-state index contributed by atoms with van der Waals surface area (Å²) in [7, 11) is 1.61. The summed E-state index contributed by atoms with van der Waals surface area (Å²) < 4.78 is 4.85. The number of hydrogen-bond donors (Lipinski definition) is 3. The van der Waals surface area contributed by atoms with Crippen molar-refractivity contribution >= 4 is 5.91 Å². The van der Waals surface area contributed by atoms with Crippen molar-refractivity contribution in [3.05, 3.63) is 0 Å². The van der Waals surface area contributed by atoms with Gasteiger partial charge in [0.2, 0.25) is 5.91 Å². The summed E-state index contributed by atoms with van der Waals surface area (Å²) in [4.78, 5) is 11.3. The van der Waals surface area contributed by atoms with E-state index in [1.54, 1.807) is 14.0 Å². The Balaban J connectivity index is 3.64. The Hall–Kier alpha value is -0.650. The second-order valence-corrected chi connectivity index (χ2v) is 3.33. The summed E-state index contributed by atoms with van der Waals surface area (Å²) in [6, 6.07) is -0.755. The molecule has 2 unspecified atom stereocenters. The van der Waals surface area contributed by atoms with Gasteiger partial charge in [-0.25, -0.2) is 0 Å². The molecule has 5 nitrogen and oxygen atoms in total. The maximum Gasteiger partial charge on any atom is 0.237 e. The molecule has 2 atom stereocenters. The number of hydrogen-bond acceptors (Lipinski definition) is 4. The summed E-state index contributed by atoms with van der Waals surface area (Å²) in [5.41, 5.74) is 5.61. The van der Waals surface area contributed by atoms with E-state index >= 15 is 0 Å². The van der Waals surface area contributed by atoms with Crippen LogP contribution in [0.15, 0.2) is 0 Å². The molecule has 0 saturated heterocycles. The largest absolute Gasteiger partial charge is 0.394 e. The van der Waals surface area contributed by atoms with Crippen LogP contribution in [0, 0.1) is 0 Å². The van der Waals surface area contributed by atoms with E-state index in [0.717, 1.165) is 6.42 Å². The molecule has 0 aliphatic carbocycles. The maximum atomic E-state index is 11.3. The molecule has 0 aliphatic heterocycles. The first-order chi connectivity index (χ1) is 6.61. The molecule has 0 fully saturated rings. The lowest BCUT2D eigenvalue weighted by molar-refractivity contribution is -0.123. The average Bonchev–Trinajstić information content (AvgIpc) is 2.17. The first-order valence-corrected chi connectivity index (χ1v) is 4.77. The minimum Gasteiger partial charge on any atom is -0.394 e. The number of carbonyl (C=O) groups excluding carboxylic acids is 1. The van der Waals surface area contributed by atoms with E-state index < -0.39 is 6.04 Å². The van der Waals surface area contributed by atoms with E-state index in [1.807, 2.05) is 0 Å². The molecule has 0 aromatic carbocycles. The Kier molecular flexibility index (Phi) is 7.37. The zero-order valence-electron chi connectivity index (χ0n) is 8.82. The molecular weight excluding hydrogens is 184 g/mol. The van der Waals surface area contributed by atoms with Crippen molar-refractivity contribution in [1.29, 1.82) is 0 Å². The molecular formula is C9H20N2O3. The average molecular weight is 204 g/mol. The third-order valence-electron chi connectivity index (χ3n) is 1.86. The molecule has 0 saturated carbocycles. The predicted octanol–water partition coefficient (Wildman–Crippen LogP) is -0.763. The SMILES string of the molecule is COCCCC(N)C(=O)NC(C)CO. The standard InChI is InChI=1S/C9H20N2O3/c1-7(6-12)11-9(13)8(10)4-3-5-14-2/h7-8,12H,3-6,10H2,1-2H3,(H,11,13). The van der Waals surface area contributed by atoms with E-state index in [2.05, 4.69) is 5.32 Å². The number of methoxy groups -OCH3 is 1. The van der Waals surface area contributed by atoms with E-state index in [4.69, 9.17) is 15.6 Å². The Morgan fingerprint density at radius 2 is 2.29 bits per heavy atom. The van der Waals surface area contributed by atoms with Crippen LogP contribution in [0.5, 0.6) is 0 Å².